The molecule has 2 aromatic rings. The van der Waals surface area contributed by atoms with Gasteiger partial charge in [0.15, 0.2) is 11.5 Å². The maximum atomic E-state index is 12.9. The highest BCUT2D eigenvalue weighted by atomic mass is 35.5. The van der Waals surface area contributed by atoms with Gasteiger partial charge in [0.05, 0.1) is 19.2 Å². The summed E-state index contributed by atoms with van der Waals surface area (Å²) in [4.78, 5) is 14.4. The molecule has 0 atom stereocenters. The summed E-state index contributed by atoms with van der Waals surface area (Å²) < 4.78 is 37.6. The monoisotopic (exact) mass is 468 g/mol. The zero-order valence-corrected chi connectivity index (χ0v) is 20.1. The molecule has 7 nitrogen and oxygen atoms in total. The van der Waals surface area contributed by atoms with E-state index in [-0.39, 0.29) is 21.4 Å². The van der Waals surface area contributed by atoms with Crippen molar-refractivity contribution < 1.29 is 22.7 Å². The first-order valence-corrected chi connectivity index (χ1v) is 11.8. The molecule has 9 heteroatoms. The van der Waals surface area contributed by atoms with Crippen LogP contribution in [0.4, 0.5) is 0 Å². The van der Waals surface area contributed by atoms with Crippen LogP contribution >= 0.6 is 11.6 Å². The fourth-order valence-electron chi connectivity index (χ4n) is 3.19. The molecule has 2 aromatic carbocycles. The van der Waals surface area contributed by atoms with E-state index in [0.29, 0.717) is 37.6 Å². The number of benzene rings is 2. The molecule has 0 aliphatic carbocycles. The van der Waals surface area contributed by atoms with Gasteiger partial charge in [0.25, 0.3) is 5.91 Å². The quantitative estimate of drug-likeness (QED) is 0.531. The Labute approximate surface area is 189 Å². The average Bonchev–Trinajstić information content (AvgIpc) is 2.77. The van der Waals surface area contributed by atoms with Crippen LogP contribution in [-0.4, -0.2) is 64.4 Å². The van der Waals surface area contributed by atoms with Crippen LogP contribution < -0.4 is 9.47 Å². The number of hydrogen-bond acceptors (Lipinski definition) is 5. The Hall–Kier alpha value is -2.29. The maximum absolute atomic E-state index is 12.9. The number of carbonyl (C=O) groups is 1. The second kappa shape index (κ2) is 10.8. The molecule has 170 valence electrons. The average molecular weight is 469 g/mol. The molecule has 0 fully saturated rings. The number of sulfonamides is 1. The lowest BCUT2D eigenvalue weighted by atomic mass is 10.1. The van der Waals surface area contributed by atoms with Gasteiger partial charge in [-0.3, -0.25) is 4.79 Å². The lowest BCUT2D eigenvalue weighted by molar-refractivity contribution is 0.0796. The minimum Gasteiger partial charge on any atom is -0.493 e. The summed E-state index contributed by atoms with van der Waals surface area (Å²) in [6, 6.07) is 9.95. The van der Waals surface area contributed by atoms with Gasteiger partial charge in [-0.1, -0.05) is 31.5 Å². The predicted molar refractivity (Wildman–Crippen MR) is 122 cm³/mol. The zero-order valence-electron chi connectivity index (χ0n) is 18.5. The summed E-state index contributed by atoms with van der Waals surface area (Å²) in [7, 11) is 1.04. The van der Waals surface area contributed by atoms with Crippen LogP contribution in [0.5, 0.6) is 11.5 Å². The van der Waals surface area contributed by atoms with Crippen LogP contribution in [0.2, 0.25) is 5.02 Å². The fourth-order valence-corrected chi connectivity index (χ4v) is 5.15. The smallest absolute Gasteiger partial charge is 0.253 e. The Bertz CT molecular complexity index is 1020. The van der Waals surface area contributed by atoms with Gasteiger partial charge < -0.3 is 14.4 Å². The van der Waals surface area contributed by atoms with Crippen LogP contribution in [0.1, 0.15) is 29.8 Å². The Morgan fingerprint density at radius 2 is 1.65 bits per heavy atom. The number of methoxy groups -OCH3 is 2. The highest BCUT2D eigenvalue weighted by Crippen LogP contribution is 2.28. The number of ether oxygens (including phenoxy) is 2. The number of hydrogen-bond donors (Lipinski definition) is 0. The van der Waals surface area contributed by atoms with Gasteiger partial charge in [0.2, 0.25) is 10.0 Å². The van der Waals surface area contributed by atoms with Crippen LogP contribution in [0, 0.1) is 0 Å². The van der Waals surface area contributed by atoms with Gasteiger partial charge in [-0.25, -0.2) is 8.42 Å². The van der Waals surface area contributed by atoms with Crippen molar-refractivity contribution in [2.45, 2.75) is 25.2 Å². The first kappa shape index (κ1) is 25.0. The van der Waals surface area contributed by atoms with E-state index in [9.17, 15) is 13.2 Å². The molecular formula is C22H29ClN2O5S. The van der Waals surface area contributed by atoms with Crippen molar-refractivity contribution >= 4 is 27.5 Å². The highest BCUT2D eigenvalue weighted by molar-refractivity contribution is 7.89. The Morgan fingerprint density at radius 1 is 1.00 bits per heavy atom. The third kappa shape index (κ3) is 5.70. The first-order valence-electron chi connectivity index (χ1n) is 9.95. The van der Waals surface area contributed by atoms with E-state index in [4.69, 9.17) is 21.1 Å². The van der Waals surface area contributed by atoms with Crippen molar-refractivity contribution in [3.63, 3.8) is 0 Å². The van der Waals surface area contributed by atoms with Crippen molar-refractivity contribution in [2.75, 3.05) is 40.9 Å². The van der Waals surface area contributed by atoms with Crippen LogP contribution in [0.15, 0.2) is 41.3 Å². The number of halogens is 1. The SMILES string of the molecule is CCN(CC)S(=O)(=O)c1cc(C(=O)N(C)CCc2ccc(OC)c(OC)c2)ccc1Cl. The molecule has 1 amide bonds. The Kier molecular flexibility index (Phi) is 8.73. The van der Waals surface area contributed by atoms with Crippen molar-refractivity contribution in [3.8, 4) is 11.5 Å². The summed E-state index contributed by atoms with van der Waals surface area (Å²) in [5.41, 5.74) is 1.25. The predicted octanol–water partition coefficient (Wildman–Crippen LogP) is 3.70. The summed E-state index contributed by atoms with van der Waals surface area (Å²) in [5, 5.41) is 0.0939. The third-order valence-corrected chi connectivity index (χ3v) is 7.56. The van der Waals surface area contributed by atoms with E-state index in [0.717, 1.165) is 5.56 Å². The van der Waals surface area contributed by atoms with Crippen molar-refractivity contribution in [1.29, 1.82) is 0 Å². The number of nitrogens with zero attached hydrogens (tertiary/aromatic N) is 2. The summed E-state index contributed by atoms with van der Waals surface area (Å²) in [6.07, 6.45) is 0.598. The summed E-state index contributed by atoms with van der Waals surface area (Å²) >= 11 is 6.16. The van der Waals surface area contributed by atoms with Crippen molar-refractivity contribution in [2.24, 2.45) is 0 Å². The van der Waals surface area contributed by atoms with E-state index in [2.05, 4.69) is 0 Å². The number of amides is 1. The lowest BCUT2D eigenvalue weighted by Gasteiger charge is -2.21. The fraction of sp³-hybridized carbons (Fsp3) is 0.409. The van der Waals surface area contributed by atoms with E-state index in [1.54, 1.807) is 46.1 Å². The topological polar surface area (TPSA) is 76.2 Å². The molecule has 0 spiro atoms. The van der Waals surface area contributed by atoms with E-state index in [1.165, 1.54) is 16.4 Å². The highest BCUT2D eigenvalue weighted by Gasteiger charge is 2.26. The van der Waals surface area contributed by atoms with E-state index in [1.807, 2.05) is 18.2 Å². The molecule has 0 heterocycles. The molecule has 0 N–H and O–H groups in total. The van der Waals surface area contributed by atoms with E-state index >= 15 is 0 Å². The summed E-state index contributed by atoms with van der Waals surface area (Å²) in [5.74, 6) is 0.977. The molecule has 0 aliphatic heterocycles. The minimum absolute atomic E-state index is 0.0583. The Balaban J connectivity index is 2.19. The van der Waals surface area contributed by atoms with Gasteiger partial charge in [-0.15, -0.1) is 0 Å². The third-order valence-electron chi connectivity index (χ3n) is 5.03. The van der Waals surface area contributed by atoms with Gasteiger partial charge in [0.1, 0.15) is 4.90 Å². The van der Waals surface area contributed by atoms with Crippen molar-refractivity contribution in [1.82, 2.24) is 9.21 Å². The standard InChI is InChI=1S/C22H29ClN2O5S/c1-6-25(7-2)31(27,28)21-15-17(9-10-18(21)23)22(26)24(3)13-12-16-8-11-19(29-4)20(14-16)30-5/h8-11,14-15H,6-7,12-13H2,1-5H3. The molecule has 0 saturated heterocycles. The minimum atomic E-state index is -3.78. The second-order valence-electron chi connectivity index (χ2n) is 6.90. The molecule has 0 saturated carbocycles. The van der Waals surface area contributed by atoms with Gasteiger partial charge in [-0.05, 0) is 42.3 Å². The number of carbonyl (C=O) groups excluding carboxylic acids is 1. The molecular weight excluding hydrogens is 440 g/mol. The normalized spacial score (nSPS) is 11.5. The molecule has 0 aromatic heterocycles. The van der Waals surface area contributed by atoms with Gasteiger partial charge in [0, 0.05) is 32.2 Å². The molecule has 0 radical (unpaired) electrons. The van der Waals surface area contributed by atoms with Crippen LogP contribution in [0.3, 0.4) is 0 Å². The second-order valence-corrected chi connectivity index (χ2v) is 9.21. The molecule has 2 rings (SSSR count). The maximum Gasteiger partial charge on any atom is 0.253 e. The van der Waals surface area contributed by atoms with Crippen LogP contribution in [0.25, 0.3) is 0 Å². The molecule has 31 heavy (non-hydrogen) atoms. The van der Waals surface area contributed by atoms with E-state index < -0.39 is 10.0 Å². The zero-order chi connectivity index (χ0) is 23.2. The number of likely N-dealkylation sites (N-methyl/N-ethyl adjacent to an activating group) is 1. The van der Waals surface area contributed by atoms with Crippen LogP contribution in [-0.2, 0) is 16.4 Å². The molecule has 0 aliphatic rings. The summed E-state index contributed by atoms with van der Waals surface area (Å²) in [6.45, 7) is 4.59. The lowest BCUT2D eigenvalue weighted by Crippen LogP contribution is -2.32. The first-order chi connectivity index (χ1) is 14.7. The number of rotatable bonds is 10. The largest absolute Gasteiger partial charge is 0.493 e. The van der Waals surface area contributed by atoms with Gasteiger partial charge in [-0.2, -0.15) is 4.31 Å². The Morgan fingerprint density at radius 3 is 2.23 bits per heavy atom. The molecule has 0 unspecified atom stereocenters. The van der Waals surface area contributed by atoms with Gasteiger partial charge >= 0.3 is 0 Å². The molecule has 0 bridgehead atoms. The van der Waals surface area contributed by atoms with Crippen molar-refractivity contribution in [3.05, 3.63) is 52.5 Å².